The molecule has 39 heavy (non-hydrogen) atoms. The van der Waals surface area contributed by atoms with Crippen molar-refractivity contribution in [2.24, 2.45) is 10.9 Å². The first kappa shape index (κ1) is 29.4. The molecule has 4 rings (SSSR count). The number of nitrogens with one attached hydrogen (secondary N) is 1. The predicted molar refractivity (Wildman–Crippen MR) is 151 cm³/mol. The van der Waals surface area contributed by atoms with Crippen molar-refractivity contribution in [3.8, 4) is 0 Å². The molecule has 3 atom stereocenters. The van der Waals surface area contributed by atoms with Gasteiger partial charge in [-0.2, -0.15) is 11.8 Å². The summed E-state index contributed by atoms with van der Waals surface area (Å²) in [5.74, 6) is -1.45. The highest BCUT2D eigenvalue weighted by Crippen LogP contribution is 2.46. The molecule has 18 heteroatoms. The van der Waals surface area contributed by atoms with Gasteiger partial charge in [0.05, 0.1) is 6.61 Å². The summed E-state index contributed by atoms with van der Waals surface area (Å²) in [5, 5.41) is 33.3. The van der Waals surface area contributed by atoms with Gasteiger partial charge in [0.2, 0.25) is 0 Å². The first-order valence-corrected chi connectivity index (χ1v) is 15.3. The van der Waals surface area contributed by atoms with Gasteiger partial charge in [0.15, 0.2) is 10.8 Å². The number of thiazole rings is 1. The summed E-state index contributed by atoms with van der Waals surface area (Å²) in [4.78, 5) is 48.5. The number of aliphatic hydroxyl groups is 1. The van der Waals surface area contributed by atoms with Crippen LogP contribution in [0.5, 0.6) is 0 Å². The monoisotopic (exact) mass is 631 g/mol. The highest BCUT2D eigenvalue weighted by atomic mass is 35.5. The Morgan fingerprint density at radius 2 is 2.18 bits per heavy atom. The Morgan fingerprint density at radius 3 is 2.82 bits per heavy atom. The summed E-state index contributed by atoms with van der Waals surface area (Å²) >= 11 is 10.9. The zero-order valence-electron chi connectivity index (χ0n) is 19.8. The maximum atomic E-state index is 13.0. The number of carbonyl (C=O) groups excluding carboxylic acids is 2. The Balaban J connectivity index is 1.50. The summed E-state index contributed by atoms with van der Waals surface area (Å²) in [5.41, 5.74) is 11.4. The molecule has 0 spiro atoms. The molecule has 2 aliphatic rings. The number of carboxylic acids is 1. The molecule has 13 nitrogen and oxygen atoms in total. The molecule has 0 radical (unpaired) electrons. The van der Waals surface area contributed by atoms with E-state index in [9.17, 15) is 24.7 Å². The number of nitrogens with two attached hydrogens (primary N) is 2. The number of amides is 2. The minimum Gasteiger partial charge on any atom is -0.477 e. The Bertz CT molecular complexity index is 1360. The molecule has 2 amide bonds. The van der Waals surface area contributed by atoms with Gasteiger partial charge in [-0.1, -0.05) is 39.9 Å². The van der Waals surface area contributed by atoms with Gasteiger partial charge < -0.3 is 32.2 Å². The lowest BCUT2D eigenvalue weighted by Crippen LogP contribution is -2.71. The standard InChI is InChI=1S/C21H22ClN7O6S4/c22-16-12(27-21(24)39-16)13(28-35)17(31)26-14-18(32)29-15(20(33)34)11(7-37-19(14)29)38-10-1-2-25-3-8(10)5-36-6-9(23)4-30/h1-3,9,14,19,30,35H,4-7,23H2,(H2,24,27)(H,26,31)(H,33,34)/b28-13-/t9-,14-,19+/m1/s1. The molecule has 2 aliphatic heterocycles. The fraction of sp³-hybridized carbons (Fsp3) is 0.333. The summed E-state index contributed by atoms with van der Waals surface area (Å²) in [7, 11) is 0. The van der Waals surface area contributed by atoms with E-state index in [4.69, 9.17) is 28.2 Å². The van der Waals surface area contributed by atoms with E-state index in [1.54, 1.807) is 18.5 Å². The fourth-order valence-electron chi connectivity index (χ4n) is 3.67. The average molecular weight is 632 g/mol. The number of aromatic nitrogens is 2. The van der Waals surface area contributed by atoms with E-state index in [1.165, 1.54) is 35.3 Å². The molecule has 4 heterocycles. The Kier molecular flexibility index (Phi) is 9.63. The second-order valence-corrected chi connectivity index (χ2v) is 13.0. The largest absolute Gasteiger partial charge is 0.477 e. The van der Waals surface area contributed by atoms with Crippen LogP contribution >= 0.6 is 58.2 Å². The average Bonchev–Trinajstić information content (AvgIpc) is 3.25. The van der Waals surface area contributed by atoms with Crippen molar-refractivity contribution in [1.82, 2.24) is 20.2 Å². The van der Waals surface area contributed by atoms with Crippen molar-refractivity contribution in [1.29, 1.82) is 0 Å². The number of anilines is 1. The number of nitrogen functional groups attached to an aromatic ring is 1. The first-order valence-electron chi connectivity index (χ1n) is 11.1. The van der Waals surface area contributed by atoms with Gasteiger partial charge in [-0.25, -0.2) is 9.78 Å². The number of carbonyl (C=O) groups is 3. The molecule has 0 aliphatic carbocycles. The van der Waals surface area contributed by atoms with Gasteiger partial charge in [-0.3, -0.25) is 19.5 Å². The minimum absolute atomic E-state index is 0.0342. The SMILES string of the molecule is Nc1nc(/C(=N/O)C(=O)N[C@@H]2C(=O)N3C(C(=O)O)=C(Sc4ccncc4CSC[C@H](N)CO)CS[C@@H]23)c(Cl)s1. The molecule has 1 fully saturated rings. The predicted octanol–water partition coefficient (Wildman–Crippen LogP) is 0.993. The first-order chi connectivity index (χ1) is 18.7. The summed E-state index contributed by atoms with van der Waals surface area (Å²) in [6.45, 7) is -0.123. The number of fused-ring (bicyclic) bond motifs is 1. The molecule has 2 aromatic rings. The zero-order chi connectivity index (χ0) is 28.3. The van der Waals surface area contributed by atoms with Gasteiger partial charge >= 0.3 is 5.97 Å². The van der Waals surface area contributed by atoms with Crippen molar-refractivity contribution < 1.29 is 29.8 Å². The lowest BCUT2D eigenvalue weighted by atomic mass is 10.0. The van der Waals surface area contributed by atoms with Crippen LogP contribution in [-0.4, -0.2) is 89.4 Å². The van der Waals surface area contributed by atoms with Crippen LogP contribution in [0.3, 0.4) is 0 Å². The van der Waals surface area contributed by atoms with E-state index in [1.807, 2.05) is 0 Å². The van der Waals surface area contributed by atoms with Crippen LogP contribution in [0.25, 0.3) is 0 Å². The van der Waals surface area contributed by atoms with Gasteiger partial charge in [0.25, 0.3) is 11.8 Å². The maximum Gasteiger partial charge on any atom is 0.353 e. The number of carboxylic acid groups (broad SMARTS) is 1. The number of rotatable bonds is 11. The van der Waals surface area contributed by atoms with Crippen LogP contribution < -0.4 is 16.8 Å². The minimum atomic E-state index is -1.28. The second-order valence-electron chi connectivity index (χ2n) is 8.10. The number of halogens is 1. The van der Waals surface area contributed by atoms with Crippen molar-refractivity contribution in [3.63, 3.8) is 0 Å². The van der Waals surface area contributed by atoms with Gasteiger partial charge in [-0.05, 0) is 11.6 Å². The van der Waals surface area contributed by atoms with Crippen molar-refractivity contribution in [3.05, 3.63) is 44.7 Å². The maximum absolute atomic E-state index is 13.0. The summed E-state index contributed by atoms with van der Waals surface area (Å²) < 4.78 is 0.0342. The number of β-lactam (4-membered cyclic amide) rings is 1. The van der Waals surface area contributed by atoms with Crippen molar-refractivity contribution in [2.45, 2.75) is 28.1 Å². The van der Waals surface area contributed by atoms with Crippen molar-refractivity contribution in [2.75, 3.05) is 23.8 Å². The smallest absolute Gasteiger partial charge is 0.353 e. The van der Waals surface area contributed by atoms with Gasteiger partial charge in [0.1, 0.15) is 27.1 Å². The number of nitrogens with zero attached hydrogens (tertiary/aromatic N) is 4. The number of hydrogen-bond acceptors (Lipinski definition) is 14. The quantitative estimate of drug-likeness (QED) is 0.0883. The molecule has 8 N–H and O–H groups in total. The molecule has 0 unspecified atom stereocenters. The van der Waals surface area contributed by atoms with Gasteiger partial charge in [-0.15, -0.1) is 11.8 Å². The molecule has 1 saturated heterocycles. The third-order valence-corrected chi connectivity index (χ3v) is 10.4. The zero-order valence-corrected chi connectivity index (χ0v) is 23.8. The second kappa shape index (κ2) is 12.8. The van der Waals surface area contributed by atoms with E-state index in [-0.39, 0.29) is 39.3 Å². The van der Waals surface area contributed by atoms with E-state index >= 15 is 0 Å². The van der Waals surface area contributed by atoms with Crippen LogP contribution in [0.15, 0.2) is 39.1 Å². The van der Waals surface area contributed by atoms with Crippen LogP contribution in [0, 0.1) is 0 Å². The number of oxime groups is 1. The van der Waals surface area contributed by atoms with Crippen LogP contribution in [0.2, 0.25) is 4.34 Å². The van der Waals surface area contributed by atoms with Crippen LogP contribution in [0.4, 0.5) is 5.13 Å². The Labute approximate surface area is 243 Å². The molecular formula is C21H22ClN7O6S4. The molecular weight excluding hydrogens is 610 g/mol. The number of thioether (sulfide) groups is 3. The lowest BCUT2D eigenvalue weighted by molar-refractivity contribution is -0.150. The summed E-state index contributed by atoms with van der Waals surface area (Å²) in [6, 6.07) is 0.361. The lowest BCUT2D eigenvalue weighted by Gasteiger charge is -2.49. The topological polar surface area (TPSA) is 217 Å². The van der Waals surface area contributed by atoms with Crippen LogP contribution in [0.1, 0.15) is 11.3 Å². The number of aliphatic hydroxyl groups excluding tert-OH is 1. The Morgan fingerprint density at radius 1 is 1.41 bits per heavy atom. The Hall–Kier alpha value is -2.54. The number of hydrogen-bond donors (Lipinski definition) is 6. The molecule has 2 aromatic heterocycles. The molecule has 208 valence electrons. The number of aliphatic carboxylic acids is 1. The van der Waals surface area contributed by atoms with E-state index in [2.05, 4.69) is 20.4 Å². The van der Waals surface area contributed by atoms with E-state index < -0.39 is 34.9 Å². The van der Waals surface area contributed by atoms with Crippen molar-refractivity contribution >= 4 is 86.9 Å². The third-order valence-electron chi connectivity index (χ3n) is 5.48. The number of pyridine rings is 1. The molecule has 0 saturated carbocycles. The third kappa shape index (κ3) is 6.29. The molecule has 0 bridgehead atoms. The van der Waals surface area contributed by atoms with E-state index in [0.717, 1.165) is 26.7 Å². The molecule has 0 aromatic carbocycles. The highest BCUT2D eigenvalue weighted by Gasteiger charge is 2.54. The summed E-state index contributed by atoms with van der Waals surface area (Å²) in [6.07, 6.45) is 3.28. The van der Waals surface area contributed by atoms with E-state index in [0.29, 0.717) is 16.4 Å². The normalized spacial score (nSPS) is 19.9. The van der Waals surface area contributed by atoms with Crippen LogP contribution in [-0.2, 0) is 20.1 Å². The fourth-order valence-corrected chi connectivity index (χ4v) is 8.23. The van der Waals surface area contributed by atoms with Gasteiger partial charge in [0, 0.05) is 45.5 Å². The highest BCUT2D eigenvalue weighted by molar-refractivity contribution is 8.06.